The molecular formula is C19H38N2O4. The third-order valence-corrected chi connectivity index (χ3v) is 4.10. The highest BCUT2D eigenvalue weighted by molar-refractivity contribution is 5.68. The molecule has 0 radical (unpaired) electrons. The highest BCUT2D eigenvalue weighted by Crippen LogP contribution is 2.12. The Hall–Kier alpha value is -1.46. The van der Waals surface area contributed by atoms with E-state index >= 15 is 0 Å². The van der Waals surface area contributed by atoms with E-state index in [0.29, 0.717) is 32.7 Å². The summed E-state index contributed by atoms with van der Waals surface area (Å²) in [5.74, 6) is 0. The van der Waals surface area contributed by atoms with Gasteiger partial charge < -0.3 is 19.7 Å². The van der Waals surface area contributed by atoms with Crippen molar-refractivity contribution in [3.05, 3.63) is 0 Å². The summed E-state index contributed by atoms with van der Waals surface area (Å²) >= 11 is 0. The van der Waals surface area contributed by atoms with Crippen LogP contribution in [0.1, 0.15) is 79.1 Å². The summed E-state index contributed by atoms with van der Waals surface area (Å²) in [6.07, 6.45) is 6.65. The number of unbranched alkanes of at least 4 members (excludes halogenated alkanes) is 3. The largest absolute Gasteiger partial charge is 0.450 e. The van der Waals surface area contributed by atoms with Gasteiger partial charge in [-0.25, -0.2) is 9.59 Å². The lowest BCUT2D eigenvalue weighted by Crippen LogP contribution is -2.43. The van der Waals surface area contributed by atoms with Crippen molar-refractivity contribution >= 4 is 12.2 Å². The Labute approximate surface area is 153 Å². The van der Waals surface area contributed by atoms with E-state index in [1.165, 1.54) is 0 Å². The average Bonchev–Trinajstić information content (AvgIpc) is 2.60. The highest BCUT2D eigenvalue weighted by Gasteiger charge is 2.23. The fourth-order valence-electron chi connectivity index (χ4n) is 2.42. The zero-order chi connectivity index (χ0) is 18.9. The molecule has 0 saturated heterocycles. The van der Waals surface area contributed by atoms with E-state index in [1.807, 2.05) is 4.90 Å². The van der Waals surface area contributed by atoms with Gasteiger partial charge in [0.2, 0.25) is 0 Å². The van der Waals surface area contributed by atoms with Crippen molar-refractivity contribution in [3.8, 4) is 0 Å². The lowest BCUT2D eigenvalue weighted by atomic mass is 10.1. The van der Waals surface area contributed by atoms with Crippen LogP contribution in [0.4, 0.5) is 9.59 Å². The lowest BCUT2D eigenvalue weighted by molar-refractivity contribution is 0.0809. The molecule has 0 aliphatic carbocycles. The normalized spacial score (nSPS) is 11.7. The monoisotopic (exact) mass is 358 g/mol. The third kappa shape index (κ3) is 11.7. The summed E-state index contributed by atoms with van der Waals surface area (Å²) < 4.78 is 10.5. The summed E-state index contributed by atoms with van der Waals surface area (Å²) in [5, 5.41) is 2.77. The van der Waals surface area contributed by atoms with Gasteiger partial charge in [-0.05, 0) is 32.1 Å². The van der Waals surface area contributed by atoms with Gasteiger partial charge in [0.1, 0.15) is 0 Å². The van der Waals surface area contributed by atoms with E-state index in [-0.39, 0.29) is 18.2 Å². The third-order valence-electron chi connectivity index (χ3n) is 4.10. The van der Waals surface area contributed by atoms with Gasteiger partial charge in [0.05, 0.1) is 13.2 Å². The Bertz CT molecular complexity index is 350. The molecule has 6 nitrogen and oxygen atoms in total. The summed E-state index contributed by atoms with van der Waals surface area (Å²) in [4.78, 5) is 25.8. The standard InChI is InChI=1S/C19H38N2O4/c1-5-9-14-21(19(23)25-16-11-7-3)17(8-4)12-13-20-18(22)24-15-10-6-2/h17H,5-16H2,1-4H3,(H,20,22). The van der Waals surface area contributed by atoms with Crippen molar-refractivity contribution in [3.63, 3.8) is 0 Å². The maximum absolute atomic E-state index is 12.4. The van der Waals surface area contributed by atoms with E-state index in [9.17, 15) is 9.59 Å². The molecule has 0 bridgehead atoms. The quantitative estimate of drug-likeness (QED) is 0.456. The minimum Gasteiger partial charge on any atom is -0.450 e. The number of amides is 2. The Morgan fingerprint density at radius 3 is 2.08 bits per heavy atom. The van der Waals surface area contributed by atoms with E-state index in [4.69, 9.17) is 9.47 Å². The smallest absolute Gasteiger partial charge is 0.410 e. The molecule has 0 fully saturated rings. The number of alkyl carbamates (subject to hydrolysis) is 1. The number of carbonyl (C=O) groups is 2. The van der Waals surface area contributed by atoms with Crippen LogP contribution in [-0.4, -0.2) is 49.4 Å². The van der Waals surface area contributed by atoms with Crippen molar-refractivity contribution in [1.29, 1.82) is 0 Å². The highest BCUT2D eigenvalue weighted by atomic mass is 16.6. The minimum atomic E-state index is -0.381. The van der Waals surface area contributed by atoms with Gasteiger partial charge >= 0.3 is 12.2 Å². The lowest BCUT2D eigenvalue weighted by Gasteiger charge is -2.30. The van der Waals surface area contributed by atoms with Gasteiger partial charge in [-0.15, -0.1) is 0 Å². The second kappa shape index (κ2) is 16.0. The molecule has 0 aliphatic rings. The number of nitrogens with zero attached hydrogens (tertiary/aromatic N) is 1. The van der Waals surface area contributed by atoms with Crippen molar-refractivity contribution in [2.45, 2.75) is 85.1 Å². The fourth-order valence-corrected chi connectivity index (χ4v) is 2.42. The molecule has 6 heteroatoms. The summed E-state index contributed by atoms with van der Waals surface area (Å²) in [6.45, 7) is 10.4. The van der Waals surface area contributed by atoms with Gasteiger partial charge in [0.15, 0.2) is 0 Å². The Morgan fingerprint density at radius 1 is 0.920 bits per heavy atom. The first-order valence-electron chi connectivity index (χ1n) is 9.94. The second-order valence-corrected chi connectivity index (χ2v) is 6.28. The number of nitrogens with one attached hydrogen (secondary N) is 1. The Morgan fingerprint density at radius 2 is 1.52 bits per heavy atom. The van der Waals surface area contributed by atoms with Gasteiger partial charge in [0, 0.05) is 19.1 Å². The molecule has 25 heavy (non-hydrogen) atoms. The molecule has 2 amide bonds. The van der Waals surface area contributed by atoms with Crippen LogP contribution < -0.4 is 5.32 Å². The van der Waals surface area contributed by atoms with E-state index < -0.39 is 0 Å². The second-order valence-electron chi connectivity index (χ2n) is 6.28. The minimum absolute atomic E-state index is 0.0663. The number of carbonyl (C=O) groups excluding carboxylic acids is 2. The molecule has 0 aliphatic heterocycles. The first kappa shape index (κ1) is 23.5. The Balaban J connectivity index is 4.41. The first-order chi connectivity index (χ1) is 12.1. The molecular weight excluding hydrogens is 320 g/mol. The van der Waals surface area contributed by atoms with Crippen molar-refractivity contribution in [1.82, 2.24) is 10.2 Å². The number of hydrogen-bond acceptors (Lipinski definition) is 4. The van der Waals surface area contributed by atoms with Crippen molar-refractivity contribution in [2.24, 2.45) is 0 Å². The molecule has 1 atom stereocenters. The molecule has 0 heterocycles. The molecule has 148 valence electrons. The van der Waals surface area contributed by atoms with Gasteiger partial charge in [-0.2, -0.15) is 0 Å². The van der Waals surface area contributed by atoms with Crippen LogP contribution in [0.3, 0.4) is 0 Å². The van der Waals surface area contributed by atoms with E-state index in [0.717, 1.165) is 44.9 Å². The molecule has 0 rings (SSSR count). The molecule has 1 unspecified atom stereocenters. The maximum atomic E-state index is 12.4. The van der Waals surface area contributed by atoms with Crippen LogP contribution in [0.15, 0.2) is 0 Å². The number of rotatable bonds is 14. The topological polar surface area (TPSA) is 67.9 Å². The predicted molar refractivity (Wildman–Crippen MR) is 101 cm³/mol. The maximum Gasteiger partial charge on any atom is 0.410 e. The van der Waals surface area contributed by atoms with Crippen molar-refractivity contribution in [2.75, 3.05) is 26.3 Å². The molecule has 0 aromatic heterocycles. The van der Waals surface area contributed by atoms with Gasteiger partial charge in [-0.1, -0.05) is 47.0 Å². The van der Waals surface area contributed by atoms with Gasteiger partial charge in [-0.3, -0.25) is 0 Å². The van der Waals surface area contributed by atoms with Crippen LogP contribution in [0, 0.1) is 0 Å². The average molecular weight is 359 g/mol. The summed E-state index contributed by atoms with van der Waals surface area (Å²) in [7, 11) is 0. The molecule has 1 N–H and O–H groups in total. The molecule has 0 aromatic rings. The predicted octanol–water partition coefficient (Wildman–Crippen LogP) is 4.72. The van der Waals surface area contributed by atoms with Crippen LogP contribution in [0.25, 0.3) is 0 Å². The molecule has 0 saturated carbocycles. The van der Waals surface area contributed by atoms with Gasteiger partial charge in [0.25, 0.3) is 0 Å². The van der Waals surface area contributed by atoms with E-state index in [2.05, 4.69) is 33.0 Å². The van der Waals surface area contributed by atoms with Crippen molar-refractivity contribution < 1.29 is 19.1 Å². The molecule has 0 aromatic carbocycles. The zero-order valence-corrected chi connectivity index (χ0v) is 16.6. The first-order valence-corrected chi connectivity index (χ1v) is 9.94. The number of ether oxygens (including phenoxy) is 2. The van der Waals surface area contributed by atoms with Crippen LogP contribution in [0.5, 0.6) is 0 Å². The van der Waals surface area contributed by atoms with Crippen LogP contribution in [-0.2, 0) is 9.47 Å². The van der Waals surface area contributed by atoms with Crippen LogP contribution >= 0.6 is 0 Å². The van der Waals surface area contributed by atoms with Crippen LogP contribution in [0.2, 0.25) is 0 Å². The SMILES string of the molecule is CCCCOC(=O)NCCC(CC)N(CCCC)C(=O)OCCCC. The molecule has 0 spiro atoms. The Kier molecular flexibility index (Phi) is 15.1. The van der Waals surface area contributed by atoms with E-state index in [1.54, 1.807) is 0 Å². The zero-order valence-electron chi connectivity index (χ0n) is 16.6. The number of hydrogen-bond donors (Lipinski definition) is 1. The fraction of sp³-hybridized carbons (Fsp3) is 0.895. The summed E-state index contributed by atoms with van der Waals surface area (Å²) in [6, 6.07) is 0.0663. The summed E-state index contributed by atoms with van der Waals surface area (Å²) in [5.41, 5.74) is 0.